The highest BCUT2D eigenvalue weighted by atomic mass is 32.2. The van der Waals surface area contributed by atoms with Gasteiger partial charge in [-0.3, -0.25) is 14.3 Å². The largest absolute Gasteiger partial charge is 0.478 e. The number of carbonyl (C=O) groups excluding carboxylic acids is 1. The highest BCUT2D eigenvalue weighted by Gasteiger charge is 2.17. The van der Waals surface area contributed by atoms with Crippen LogP contribution in [0.4, 0.5) is 0 Å². The summed E-state index contributed by atoms with van der Waals surface area (Å²) in [5.74, 6) is -0.752. The molecule has 0 aliphatic carbocycles. The Labute approximate surface area is 199 Å². The number of nitrogens with one attached hydrogen (secondary N) is 1. The van der Waals surface area contributed by atoms with Gasteiger partial charge in [0.1, 0.15) is 0 Å². The molecular formula is C24H20N6O3S. The lowest BCUT2D eigenvalue weighted by Gasteiger charge is -2.10. The van der Waals surface area contributed by atoms with Crippen LogP contribution < -0.4 is 5.43 Å². The average molecular weight is 473 g/mol. The van der Waals surface area contributed by atoms with Crippen LogP contribution in [0.3, 0.4) is 0 Å². The first-order valence-electron chi connectivity index (χ1n) is 10.2. The van der Waals surface area contributed by atoms with Gasteiger partial charge in [-0.05, 0) is 37.3 Å². The molecule has 2 heterocycles. The first-order valence-corrected chi connectivity index (χ1v) is 11.2. The summed E-state index contributed by atoms with van der Waals surface area (Å²) in [6.07, 6.45) is 4.68. The van der Waals surface area contributed by atoms with Crippen LogP contribution in [0.15, 0.2) is 83.3 Å². The van der Waals surface area contributed by atoms with Crippen molar-refractivity contribution in [3.8, 4) is 17.1 Å². The number of amides is 1. The number of pyridine rings is 1. The number of carboxylic acid groups (broad SMARTS) is 1. The molecule has 0 saturated heterocycles. The lowest BCUT2D eigenvalue weighted by molar-refractivity contribution is -0.118. The van der Waals surface area contributed by atoms with Crippen molar-refractivity contribution in [2.75, 3.05) is 5.75 Å². The van der Waals surface area contributed by atoms with E-state index >= 15 is 0 Å². The predicted molar refractivity (Wildman–Crippen MR) is 129 cm³/mol. The Bertz CT molecular complexity index is 1340. The molecule has 0 radical (unpaired) electrons. The Morgan fingerprint density at radius 2 is 1.79 bits per heavy atom. The van der Waals surface area contributed by atoms with E-state index in [1.54, 1.807) is 30.6 Å². The van der Waals surface area contributed by atoms with Crippen molar-refractivity contribution < 1.29 is 14.7 Å². The highest BCUT2D eigenvalue weighted by molar-refractivity contribution is 7.99. The van der Waals surface area contributed by atoms with Gasteiger partial charge in [0.15, 0.2) is 11.0 Å². The third kappa shape index (κ3) is 5.36. The average Bonchev–Trinajstić information content (AvgIpc) is 3.28. The van der Waals surface area contributed by atoms with Gasteiger partial charge in [0.25, 0.3) is 5.91 Å². The molecule has 0 saturated carbocycles. The van der Waals surface area contributed by atoms with Crippen molar-refractivity contribution in [2.24, 2.45) is 5.10 Å². The summed E-state index contributed by atoms with van der Waals surface area (Å²) < 4.78 is 1.89. The van der Waals surface area contributed by atoms with Gasteiger partial charge in [-0.2, -0.15) is 5.10 Å². The molecule has 10 heteroatoms. The zero-order valence-electron chi connectivity index (χ0n) is 18.1. The molecule has 0 atom stereocenters. The molecule has 2 aromatic carbocycles. The molecule has 4 rings (SSSR count). The molecule has 0 spiro atoms. The van der Waals surface area contributed by atoms with Crippen LogP contribution in [0.1, 0.15) is 21.5 Å². The van der Waals surface area contributed by atoms with E-state index in [-0.39, 0.29) is 17.2 Å². The fourth-order valence-corrected chi connectivity index (χ4v) is 3.86. The number of nitrogens with zero attached hydrogens (tertiary/aromatic N) is 5. The van der Waals surface area contributed by atoms with Crippen LogP contribution in [0, 0.1) is 6.92 Å². The summed E-state index contributed by atoms with van der Waals surface area (Å²) in [4.78, 5) is 27.7. The minimum absolute atomic E-state index is 0.0399. The number of rotatable bonds is 8. The third-order valence-electron chi connectivity index (χ3n) is 4.78. The first-order chi connectivity index (χ1) is 16.5. The molecule has 0 aliphatic heterocycles. The van der Waals surface area contributed by atoms with E-state index in [4.69, 9.17) is 0 Å². The van der Waals surface area contributed by atoms with Crippen molar-refractivity contribution in [2.45, 2.75) is 12.1 Å². The van der Waals surface area contributed by atoms with E-state index in [0.717, 1.165) is 16.8 Å². The van der Waals surface area contributed by atoms with Crippen LogP contribution in [0.5, 0.6) is 0 Å². The molecule has 0 unspecified atom stereocenters. The van der Waals surface area contributed by atoms with Gasteiger partial charge in [-0.25, -0.2) is 10.2 Å². The summed E-state index contributed by atoms with van der Waals surface area (Å²) in [5.41, 5.74) is 5.76. The van der Waals surface area contributed by atoms with E-state index in [1.807, 2.05) is 47.9 Å². The summed E-state index contributed by atoms with van der Waals surface area (Å²) in [5, 5.41) is 22.3. The molecule has 0 fully saturated rings. The van der Waals surface area contributed by atoms with Crippen molar-refractivity contribution in [3.05, 3.63) is 89.7 Å². The first kappa shape index (κ1) is 22.9. The Morgan fingerprint density at radius 1 is 1.06 bits per heavy atom. The molecule has 2 N–H and O–H groups in total. The van der Waals surface area contributed by atoms with Gasteiger partial charge in [-0.1, -0.05) is 47.7 Å². The van der Waals surface area contributed by atoms with Crippen molar-refractivity contribution >= 4 is 29.9 Å². The van der Waals surface area contributed by atoms with Crippen molar-refractivity contribution in [1.29, 1.82) is 0 Å². The van der Waals surface area contributed by atoms with E-state index in [2.05, 4.69) is 25.7 Å². The van der Waals surface area contributed by atoms with Crippen LogP contribution >= 0.6 is 11.8 Å². The number of aromatic nitrogens is 4. The van der Waals surface area contributed by atoms with Gasteiger partial charge in [0.2, 0.25) is 0 Å². The summed E-state index contributed by atoms with van der Waals surface area (Å²) in [6, 6.07) is 18.0. The van der Waals surface area contributed by atoms with Crippen LogP contribution in [0.2, 0.25) is 0 Å². The predicted octanol–water partition coefficient (Wildman–Crippen LogP) is 3.58. The Hall–Kier alpha value is -4.31. The quantitative estimate of drug-likeness (QED) is 0.228. The highest BCUT2D eigenvalue weighted by Crippen LogP contribution is 2.27. The zero-order chi connectivity index (χ0) is 23.9. The van der Waals surface area contributed by atoms with Gasteiger partial charge < -0.3 is 5.11 Å². The lowest BCUT2D eigenvalue weighted by Crippen LogP contribution is -2.20. The van der Waals surface area contributed by atoms with Crippen LogP contribution in [0.25, 0.3) is 17.1 Å². The Balaban J connectivity index is 1.50. The minimum atomic E-state index is -1.07. The topological polar surface area (TPSA) is 122 Å². The third-order valence-corrected chi connectivity index (χ3v) is 5.71. The minimum Gasteiger partial charge on any atom is -0.478 e. The summed E-state index contributed by atoms with van der Waals surface area (Å²) in [6.45, 7) is 2.01. The van der Waals surface area contributed by atoms with E-state index < -0.39 is 5.97 Å². The number of aromatic carboxylic acids is 1. The zero-order valence-corrected chi connectivity index (χ0v) is 18.9. The molecule has 2 aromatic heterocycles. The Kier molecular flexibility index (Phi) is 7.09. The van der Waals surface area contributed by atoms with Gasteiger partial charge in [0, 0.05) is 29.2 Å². The Morgan fingerprint density at radius 3 is 2.53 bits per heavy atom. The second-order valence-corrected chi connectivity index (χ2v) is 8.13. The van der Waals surface area contributed by atoms with Gasteiger partial charge in [0.05, 0.1) is 17.5 Å². The molecule has 0 aliphatic rings. The monoisotopic (exact) mass is 472 g/mol. The maximum absolute atomic E-state index is 12.4. The fraction of sp³-hybridized carbons (Fsp3) is 0.0833. The molecule has 1 amide bonds. The molecule has 9 nitrogen and oxygen atoms in total. The van der Waals surface area contributed by atoms with Crippen molar-refractivity contribution in [3.63, 3.8) is 0 Å². The number of benzene rings is 2. The number of hydrazone groups is 1. The molecule has 0 bridgehead atoms. The lowest BCUT2D eigenvalue weighted by atomic mass is 10.1. The number of carbonyl (C=O) groups is 2. The van der Waals surface area contributed by atoms with E-state index in [1.165, 1.54) is 24.0 Å². The number of hydrogen-bond acceptors (Lipinski definition) is 7. The number of thioether (sulfide) groups is 1. The van der Waals surface area contributed by atoms with E-state index in [0.29, 0.717) is 16.5 Å². The number of aryl methyl sites for hydroxylation is 1. The van der Waals surface area contributed by atoms with Crippen LogP contribution in [-0.4, -0.2) is 48.7 Å². The number of hydrogen-bond donors (Lipinski definition) is 2. The normalized spacial score (nSPS) is 11.0. The fourth-order valence-electron chi connectivity index (χ4n) is 3.12. The molecule has 170 valence electrons. The maximum atomic E-state index is 12.4. The standard InChI is InChI=1S/C24H20N6O3S/c1-16-6-8-19(9-7-16)30-22(17-10-12-25-13-11-17)28-29-24(30)34-15-21(31)27-26-14-18-4-2-3-5-20(18)23(32)33/h2-14H,15H2,1H3,(H,27,31)(H,32,33)/b26-14-. The molecule has 4 aromatic rings. The second-order valence-electron chi connectivity index (χ2n) is 7.19. The van der Waals surface area contributed by atoms with Crippen molar-refractivity contribution in [1.82, 2.24) is 25.2 Å². The number of carboxylic acids is 1. The molecule has 34 heavy (non-hydrogen) atoms. The van der Waals surface area contributed by atoms with Crippen LogP contribution in [-0.2, 0) is 4.79 Å². The SMILES string of the molecule is Cc1ccc(-n2c(SCC(=O)N/N=C\c3ccccc3C(=O)O)nnc2-c2ccncc2)cc1. The van der Waals surface area contributed by atoms with E-state index in [9.17, 15) is 14.7 Å². The maximum Gasteiger partial charge on any atom is 0.336 e. The summed E-state index contributed by atoms with van der Waals surface area (Å²) in [7, 11) is 0. The smallest absolute Gasteiger partial charge is 0.336 e. The van der Waals surface area contributed by atoms with Gasteiger partial charge in [-0.15, -0.1) is 10.2 Å². The van der Waals surface area contributed by atoms with Gasteiger partial charge >= 0.3 is 5.97 Å². The second kappa shape index (κ2) is 10.5. The summed E-state index contributed by atoms with van der Waals surface area (Å²) >= 11 is 1.22. The molecular weight excluding hydrogens is 452 g/mol.